The Balaban J connectivity index is 3.33. The monoisotopic (exact) mass is 219 g/mol. The van der Waals surface area contributed by atoms with Crippen molar-refractivity contribution >= 4 is 0 Å². The summed E-state index contributed by atoms with van der Waals surface area (Å²) in [5, 5.41) is 8.90. The van der Waals surface area contributed by atoms with Crippen LogP contribution in [-0.4, -0.2) is 42.7 Å². The lowest BCUT2D eigenvalue weighted by Crippen LogP contribution is -2.41. The van der Waals surface area contributed by atoms with Gasteiger partial charge >= 0.3 is 0 Å². The van der Waals surface area contributed by atoms with Crippen LogP contribution in [0, 0.1) is 0 Å². The van der Waals surface area contributed by atoms with Gasteiger partial charge in [0.1, 0.15) is 0 Å². The maximum Gasteiger partial charge on any atom is 0.0707 e. The van der Waals surface area contributed by atoms with Gasteiger partial charge in [0.15, 0.2) is 0 Å². The normalized spacial score (nSPS) is 16.4. The van der Waals surface area contributed by atoms with Crippen molar-refractivity contribution in [2.75, 3.05) is 26.4 Å². The molecule has 0 aromatic carbocycles. The highest BCUT2D eigenvalue weighted by atomic mass is 16.5. The van der Waals surface area contributed by atoms with E-state index in [4.69, 9.17) is 20.3 Å². The number of aliphatic hydroxyl groups is 1. The fourth-order valence-electron chi connectivity index (χ4n) is 0.893. The number of ether oxygens (including phenoxy) is 2. The number of aliphatic hydroxyl groups excluding tert-OH is 1. The van der Waals surface area contributed by atoms with Gasteiger partial charge in [-0.15, -0.1) is 0 Å². The van der Waals surface area contributed by atoms with Crippen LogP contribution in [0.5, 0.6) is 0 Å². The van der Waals surface area contributed by atoms with Crippen LogP contribution >= 0.6 is 0 Å². The van der Waals surface area contributed by atoms with Gasteiger partial charge in [0.2, 0.25) is 0 Å². The van der Waals surface area contributed by atoms with Crippen LogP contribution in [0.1, 0.15) is 34.1 Å². The van der Waals surface area contributed by atoms with E-state index in [2.05, 4.69) is 0 Å². The molecule has 0 bridgehead atoms. The first kappa shape index (κ1) is 14.8. The van der Waals surface area contributed by atoms with Gasteiger partial charge in [-0.25, -0.2) is 0 Å². The first-order valence-corrected chi connectivity index (χ1v) is 5.38. The van der Waals surface area contributed by atoms with Gasteiger partial charge in [-0.1, -0.05) is 0 Å². The van der Waals surface area contributed by atoms with Gasteiger partial charge in [0, 0.05) is 12.1 Å². The van der Waals surface area contributed by atoms with Gasteiger partial charge in [0.25, 0.3) is 0 Å². The lowest BCUT2D eigenvalue weighted by atomic mass is 10.0. The van der Waals surface area contributed by atoms with Crippen molar-refractivity contribution in [2.24, 2.45) is 5.73 Å². The van der Waals surface area contributed by atoms with Crippen LogP contribution in [0.4, 0.5) is 0 Å². The summed E-state index contributed by atoms with van der Waals surface area (Å²) >= 11 is 0. The molecule has 3 N–H and O–H groups in total. The number of hydrogen-bond donors (Lipinski definition) is 2. The molecular formula is C11H25NO3. The SMILES string of the molecule is CC(N)(CO)CCOCCOC(C)(C)C. The third kappa shape index (κ3) is 10.1. The second-order valence-corrected chi connectivity index (χ2v) is 5.14. The molecule has 0 aromatic rings. The largest absolute Gasteiger partial charge is 0.394 e. The van der Waals surface area contributed by atoms with E-state index in [9.17, 15) is 0 Å². The van der Waals surface area contributed by atoms with E-state index < -0.39 is 5.54 Å². The van der Waals surface area contributed by atoms with Crippen molar-refractivity contribution in [2.45, 2.75) is 45.3 Å². The van der Waals surface area contributed by atoms with Gasteiger partial charge in [0.05, 0.1) is 25.4 Å². The molecule has 0 aliphatic rings. The Kier molecular flexibility index (Phi) is 6.36. The Morgan fingerprint density at radius 1 is 1.07 bits per heavy atom. The number of hydrogen-bond acceptors (Lipinski definition) is 4. The summed E-state index contributed by atoms with van der Waals surface area (Å²) in [6, 6.07) is 0. The molecule has 15 heavy (non-hydrogen) atoms. The van der Waals surface area contributed by atoms with E-state index >= 15 is 0 Å². The molecule has 0 fully saturated rings. The zero-order chi connectivity index (χ0) is 11.9. The fraction of sp³-hybridized carbons (Fsp3) is 1.00. The molecular weight excluding hydrogens is 194 g/mol. The van der Waals surface area contributed by atoms with Crippen LogP contribution < -0.4 is 5.73 Å². The van der Waals surface area contributed by atoms with Crippen LogP contribution in [0.3, 0.4) is 0 Å². The molecule has 4 heteroatoms. The predicted octanol–water partition coefficient (Wildman–Crippen LogP) is 0.918. The molecule has 4 nitrogen and oxygen atoms in total. The summed E-state index contributed by atoms with van der Waals surface area (Å²) in [6.07, 6.45) is 0.652. The molecule has 0 radical (unpaired) electrons. The average molecular weight is 219 g/mol. The van der Waals surface area contributed by atoms with Gasteiger partial charge in [-0.2, -0.15) is 0 Å². The predicted molar refractivity (Wildman–Crippen MR) is 60.8 cm³/mol. The zero-order valence-corrected chi connectivity index (χ0v) is 10.4. The molecule has 0 amide bonds. The first-order chi connectivity index (χ1) is 6.77. The molecule has 0 aromatic heterocycles. The Hall–Kier alpha value is -0.160. The van der Waals surface area contributed by atoms with E-state index in [0.717, 1.165) is 0 Å². The molecule has 92 valence electrons. The van der Waals surface area contributed by atoms with Crippen molar-refractivity contribution in [1.29, 1.82) is 0 Å². The molecule has 0 aliphatic carbocycles. The molecule has 1 atom stereocenters. The fourth-order valence-corrected chi connectivity index (χ4v) is 0.893. The van der Waals surface area contributed by atoms with E-state index in [1.807, 2.05) is 27.7 Å². The van der Waals surface area contributed by atoms with Crippen LogP contribution in [-0.2, 0) is 9.47 Å². The standard InChI is InChI=1S/C11H25NO3/c1-10(2,3)15-8-7-14-6-5-11(4,12)9-13/h13H,5-9,12H2,1-4H3. The highest BCUT2D eigenvalue weighted by Crippen LogP contribution is 2.06. The van der Waals surface area contributed by atoms with Crippen molar-refractivity contribution < 1.29 is 14.6 Å². The lowest BCUT2D eigenvalue weighted by molar-refractivity contribution is -0.0370. The van der Waals surface area contributed by atoms with Crippen LogP contribution in [0.2, 0.25) is 0 Å². The maximum absolute atomic E-state index is 8.90. The maximum atomic E-state index is 8.90. The van der Waals surface area contributed by atoms with Crippen molar-refractivity contribution in [1.82, 2.24) is 0 Å². The lowest BCUT2D eigenvalue weighted by Gasteiger charge is -2.22. The molecule has 0 heterocycles. The van der Waals surface area contributed by atoms with E-state index in [0.29, 0.717) is 26.2 Å². The molecule has 1 unspecified atom stereocenters. The Bertz CT molecular complexity index is 164. The van der Waals surface area contributed by atoms with Gasteiger partial charge in [-0.3, -0.25) is 0 Å². The molecule has 0 rings (SSSR count). The summed E-state index contributed by atoms with van der Waals surface area (Å²) in [5.74, 6) is 0. The Morgan fingerprint density at radius 2 is 1.67 bits per heavy atom. The Morgan fingerprint density at radius 3 is 2.13 bits per heavy atom. The van der Waals surface area contributed by atoms with Gasteiger partial charge < -0.3 is 20.3 Å². The molecule has 0 aliphatic heterocycles. The Labute approximate surface area is 92.7 Å². The van der Waals surface area contributed by atoms with Crippen molar-refractivity contribution in [3.8, 4) is 0 Å². The first-order valence-electron chi connectivity index (χ1n) is 5.38. The second-order valence-electron chi connectivity index (χ2n) is 5.14. The molecule has 0 spiro atoms. The van der Waals surface area contributed by atoms with Crippen LogP contribution in [0.15, 0.2) is 0 Å². The highest BCUT2D eigenvalue weighted by Gasteiger charge is 2.16. The van der Waals surface area contributed by atoms with Gasteiger partial charge in [-0.05, 0) is 34.1 Å². The molecule has 0 saturated carbocycles. The number of rotatable bonds is 7. The smallest absolute Gasteiger partial charge is 0.0707 e. The summed E-state index contributed by atoms with van der Waals surface area (Å²) in [5.41, 5.74) is 5.09. The topological polar surface area (TPSA) is 64.7 Å². The minimum Gasteiger partial charge on any atom is -0.394 e. The summed E-state index contributed by atoms with van der Waals surface area (Å²) < 4.78 is 10.8. The van der Waals surface area contributed by atoms with Crippen LogP contribution in [0.25, 0.3) is 0 Å². The summed E-state index contributed by atoms with van der Waals surface area (Å²) in [6.45, 7) is 9.53. The quantitative estimate of drug-likeness (QED) is 0.625. The average Bonchev–Trinajstić information content (AvgIpc) is 2.09. The second kappa shape index (κ2) is 6.43. The third-order valence-corrected chi connectivity index (χ3v) is 1.94. The minimum absolute atomic E-state index is 0.0190. The third-order valence-electron chi connectivity index (χ3n) is 1.94. The van der Waals surface area contributed by atoms with Crippen molar-refractivity contribution in [3.05, 3.63) is 0 Å². The van der Waals surface area contributed by atoms with E-state index in [1.54, 1.807) is 0 Å². The summed E-state index contributed by atoms with van der Waals surface area (Å²) in [7, 11) is 0. The highest BCUT2D eigenvalue weighted by molar-refractivity contribution is 4.76. The van der Waals surface area contributed by atoms with Crippen molar-refractivity contribution in [3.63, 3.8) is 0 Å². The molecule has 0 saturated heterocycles. The minimum atomic E-state index is -0.537. The zero-order valence-electron chi connectivity index (χ0n) is 10.4. The summed E-state index contributed by atoms with van der Waals surface area (Å²) in [4.78, 5) is 0. The van der Waals surface area contributed by atoms with E-state index in [1.165, 1.54) is 0 Å². The van der Waals surface area contributed by atoms with E-state index in [-0.39, 0.29) is 12.2 Å². The number of nitrogens with two attached hydrogens (primary N) is 1.